The minimum Gasteiger partial charge on any atom is -0.330 e. The molecule has 0 rings (SSSR count). The molecule has 0 aromatic heterocycles. The van der Waals surface area contributed by atoms with Gasteiger partial charge >= 0.3 is 0 Å². The summed E-state index contributed by atoms with van der Waals surface area (Å²) >= 11 is 0. The summed E-state index contributed by atoms with van der Waals surface area (Å²) in [6, 6.07) is 0.462. The van der Waals surface area contributed by atoms with Crippen molar-refractivity contribution in [2.24, 2.45) is 11.5 Å². The summed E-state index contributed by atoms with van der Waals surface area (Å²) in [5.74, 6) is 0. The highest BCUT2D eigenvalue weighted by atomic mass is 14.6. The van der Waals surface area contributed by atoms with Crippen molar-refractivity contribution >= 4 is 0 Å². The van der Waals surface area contributed by atoms with Gasteiger partial charge < -0.3 is 11.5 Å². The summed E-state index contributed by atoms with van der Waals surface area (Å²) < 4.78 is 0. The Morgan fingerprint density at radius 1 is 0.571 bits per heavy atom. The van der Waals surface area contributed by atoms with Crippen LogP contribution in [0.3, 0.4) is 0 Å². The van der Waals surface area contributed by atoms with Gasteiger partial charge in [-0.25, -0.2) is 0 Å². The minimum absolute atomic E-state index is 0.462. The number of rotatable bonds is 17. The summed E-state index contributed by atoms with van der Waals surface area (Å²) in [6.07, 6.45) is 21.6. The lowest BCUT2D eigenvalue weighted by atomic mass is 10.0. The second kappa shape index (κ2) is 18.0. The van der Waals surface area contributed by atoms with E-state index in [1.54, 1.807) is 0 Å². The molecule has 0 aliphatic heterocycles. The predicted octanol–water partition coefficient (Wildman–Crippen LogP) is 5.53. The first-order chi connectivity index (χ1) is 10.3. The van der Waals surface area contributed by atoms with Crippen LogP contribution in [-0.4, -0.2) is 12.6 Å². The van der Waals surface area contributed by atoms with E-state index in [2.05, 4.69) is 6.92 Å². The van der Waals surface area contributed by atoms with E-state index in [9.17, 15) is 0 Å². The lowest BCUT2D eigenvalue weighted by Crippen LogP contribution is -2.19. The highest BCUT2D eigenvalue weighted by Gasteiger charge is 2.02. The van der Waals surface area contributed by atoms with E-state index in [4.69, 9.17) is 11.5 Å². The summed E-state index contributed by atoms with van der Waals surface area (Å²) in [5.41, 5.74) is 11.7. The van der Waals surface area contributed by atoms with Gasteiger partial charge in [0.1, 0.15) is 0 Å². The van der Waals surface area contributed by atoms with Crippen molar-refractivity contribution in [3.8, 4) is 0 Å². The smallest absolute Gasteiger partial charge is 0.00388 e. The molecule has 0 aliphatic rings. The molecule has 128 valence electrons. The normalized spacial score (nSPS) is 12.7. The van der Waals surface area contributed by atoms with Gasteiger partial charge in [0, 0.05) is 6.04 Å². The Balaban J connectivity index is 3.07. The molecule has 0 fully saturated rings. The van der Waals surface area contributed by atoms with E-state index < -0.39 is 0 Å². The Kier molecular flexibility index (Phi) is 17.9. The second-order valence-corrected chi connectivity index (χ2v) is 6.72. The molecule has 0 bridgehead atoms. The third kappa shape index (κ3) is 17.9. The zero-order chi connectivity index (χ0) is 15.6. The standard InChI is InChI=1S/C19H42N2/c1-2-3-4-13-16-19(21)17-14-11-9-7-5-6-8-10-12-15-18-20/h19H,2-18,20-21H2,1H3. The fourth-order valence-corrected chi connectivity index (χ4v) is 2.94. The zero-order valence-electron chi connectivity index (χ0n) is 14.8. The molecule has 0 radical (unpaired) electrons. The maximum absolute atomic E-state index is 6.17. The molecule has 0 spiro atoms. The minimum atomic E-state index is 0.462. The van der Waals surface area contributed by atoms with Crippen LogP contribution in [0.2, 0.25) is 0 Å². The van der Waals surface area contributed by atoms with Gasteiger partial charge in [-0.2, -0.15) is 0 Å². The lowest BCUT2D eigenvalue weighted by molar-refractivity contribution is 0.484. The molecular weight excluding hydrogens is 256 g/mol. The van der Waals surface area contributed by atoms with Crippen molar-refractivity contribution in [1.29, 1.82) is 0 Å². The first-order valence-electron chi connectivity index (χ1n) is 9.77. The van der Waals surface area contributed by atoms with Gasteiger partial charge in [-0.1, -0.05) is 90.4 Å². The molecule has 0 aliphatic carbocycles. The van der Waals surface area contributed by atoms with Crippen molar-refractivity contribution in [3.63, 3.8) is 0 Å². The Morgan fingerprint density at radius 3 is 1.38 bits per heavy atom. The third-order valence-corrected chi connectivity index (χ3v) is 4.46. The maximum atomic E-state index is 6.17. The average molecular weight is 299 g/mol. The lowest BCUT2D eigenvalue weighted by Gasteiger charge is -2.11. The van der Waals surface area contributed by atoms with Crippen LogP contribution >= 0.6 is 0 Å². The number of nitrogens with two attached hydrogens (primary N) is 2. The zero-order valence-corrected chi connectivity index (χ0v) is 14.8. The van der Waals surface area contributed by atoms with Crippen LogP contribution in [-0.2, 0) is 0 Å². The molecule has 0 amide bonds. The van der Waals surface area contributed by atoms with Crippen molar-refractivity contribution in [1.82, 2.24) is 0 Å². The SMILES string of the molecule is CCCCCCC(N)CCCCCCCCCCCCN. The number of unbranched alkanes of at least 4 members (excludes halogenated alkanes) is 12. The van der Waals surface area contributed by atoms with E-state index in [1.807, 2.05) is 0 Å². The number of hydrogen-bond acceptors (Lipinski definition) is 2. The molecule has 1 unspecified atom stereocenters. The molecule has 0 aromatic carbocycles. The third-order valence-electron chi connectivity index (χ3n) is 4.46. The summed E-state index contributed by atoms with van der Waals surface area (Å²) in [4.78, 5) is 0. The highest BCUT2D eigenvalue weighted by Crippen LogP contribution is 2.13. The van der Waals surface area contributed by atoms with Crippen molar-refractivity contribution in [2.75, 3.05) is 6.54 Å². The highest BCUT2D eigenvalue weighted by molar-refractivity contribution is 4.61. The van der Waals surface area contributed by atoms with Gasteiger partial charge in [-0.15, -0.1) is 0 Å². The van der Waals surface area contributed by atoms with Crippen LogP contribution in [0.25, 0.3) is 0 Å². The molecule has 21 heavy (non-hydrogen) atoms. The van der Waals surface area contributed by atoms with Gasteiger partial charge in [0.05, 0.1) is 0 Å². The molecule has 2 heteroatoms. The first-order valence-corrected chi connectivity index (χ1v) is 9.77. The number of hydrogen-bond donors (Lipinski definition) is 2. The summed E-state index contributed by atoms with van der Waals surface area (Å²) in [6.45, 7) is 3.13. The van der Waals surface area contributed by atoms with Crippen LogP contribution in [0.1, 0.15) is 110 Å². The van der Waals surface area contributed by atoms with Gasteiger partial charge in [-0.05, 0) is 25.8 Å². The quantitative estimate of drug-likeness (QED) is 0.347. The maximum Gasteiger partial charge on any atom is 0.00388 e. The van der Waals surface area contributed by atoms with E-state index in [1.165, 1.54) is 103 Å². The van der Waals surface area contributed by atoms with E-state index in [0.29, 0.717) is 6.04 Å². The molecule has 4 N–H and O–H groups in total. The van der Waals surface area contributed by atoms with Crippen LogP contribution in [0.4, 0.5) is 0 Å². The molecular formula is C19H42N2. The molecule has 2 nitrogen and oxygen atoms in total. The van der Waals surface area contributed by atoms with Crippen molar-refractivity contribution in [2.45, 2.75) is 116 Å². The van der Waals surface area contributed by atoms with Crippen molar-refractivity contribution < 1.29 is 0 Å². The summed E-state index contributed by atoms with van der Waals surface area (Å²) in [7, 11) is 0. The fraction of sp³-hybridized carbons (Fsp3) is 1.00. The molecule has 1 atom stereocenters. The molecule has 0 heterocycles. The second-order valence-electron chi connectivity index (χ2n) is 6.72. The average Bonchev–Trinajstić information content (AvgIpc) is 2.49. The van der Waals surface area contributed by atoms with Crippen LogP contribution in [0.15, 0.2) is 0 Å². The molecule has 0 saturated heterocycles. The van der Waals surface area contributed by atoms with E-state index in [-0.39, 0.29) is 0 Å². The van der Waals surface area contributed by atoms with Gasteiger partial charge in [0.25, 0.3) is 0 Å². The Bertz CT molecular complexity index is 182. The van der Waals surface area contributed by atoms with Crippen LogP contribution in [0, 0.1) is 0 Å². The van der Waals surface area contributed by atoms with Crippen molar-refractivity contribution in [3.05, 3.63) is 0 Å². The topological polar surface area (TPSA) is 52.0 Å². The first kappa shape index (κ1) is 20.9. The fourth-order valence-electron chi connectivity index (χ4n) is 2.94. The van der Waals surface area contributed by atoms with E-state index >= 15 is 0 Å². The molecule has 0 aromatic rings. The Morgan fingerprint density at radius 2 is 0.952 bits per heavy atom. The van der Waals surface area contributed by atoms with Crippen LogP contribution in [0.5, 0.6) is 0 Å². The van der Waals surface area contributed by atoms with E-state index in [0.717, 1.165) is 6.54 Å². The summed E-state index contributed by atoms with van der Waals surface area (Å²) in [5, 5.41) is 0. The van der Waals surface area contributed by atoms with Gasteiger partial charge in [-0.3, -0.25) is 0 Å². The van der Waals surface area contributed by atoms with Gasteiger partial charge in [0.2, 0.25) is 0 Å². The van der Waals surface area contributed by atoms with Gasteiger partial charge in [0.15, 0.2) is 0 Å². The van der Waals surface area contributed by atoms with Crippen LogP contribution < -0.4 is 11.5 Å². The predicted molar refractivity (Wildman–Crippen MR) is 96.6 cm³/mol. The monoisotopic (exact) mass is 298 g/mol. The largest absolute Gasteiger partial charge is 0.330 e. The Labute approximate surface area is 134 Å². The Hall–Kier alpha value is -0.0800. The molecule has 0 saturated carbocycles.